The SMILES string of the molecule is CCCc1cncn1CC(=O)CCc1ccc(Cl)cc1. The Hall–Kier alpha value is -1.61. The second-order valence-corrected chi connectivity index (χ2v) is 5.36. The van der Waals surface area contributed by atoms with E-state index in [0.29, 0.717) is 13.0 Å². The summed E-state index contributed by atoms with van der Waals surface area (Å²) in [5.74, 6) is 0.232. The number of carbonyl (C=O) groups excluding carboxylic acids is 1. The molecule has 0 spiro atoms. The molecule has 2 rings (SSSR count). The quantitative estimate of drug-likeness (QED) is 0.779. The Balaban J connectivity index is 1.86. The molecule has 0 aliphatic heterocycles. The van der Waals surface area contributed by atoms with Crippen molar-refractivity contribution < 1.29 is 4.79 Å². The van der Waals surface area contributed by atoms with Gasteiger partial charge in [0.2, 0.25) is 0 Å². The number of aromatic nitrogens is 2. The predicted octanol–water partition coefficient (Wildman–Crippen LogP) is 3.69. The minimum absolute atomic E-state index is 0.232. The Bertz CT molecular complexity index is 560. The van der Waals surface area contributed by atoms with Crippen molar-refractivity contribution in [3.05, 3.63) is 53.1 Å². The Kier molecular flexibility index (Phi) is 5.36. The summed E-state index contributed by atoms with van der Waals surface area (Å²) in [7, 11) is 0. The maximum absolute atomic E-state index is 12.0. The molecule has 1 heterocycles. The monoisotopic (exact) mass is 290 g/mol. The van der Waals surface area contributed by atoms with Gasteiger partial charge in [-0.15, -0.1) is 0 Å². The number of ketones is 1. The molecule has 0 saturated heterocycles. The van der Waals surface area contributed by atoms with E-state index in [1.807, 2.05) is 35.0 Å². The fourth-order valence-corrected chi connectivity index (χ4v) is 2.28. The van der Waals surface area contributed by atoms with E-state index in [4.69, 9.17) is 11.6 Å². The van der Waals surface area contributed by atoms with Gasteiger partial charge in [-0.2, -0.15) is 0 Å². The number of Topliss-reactive ketones (excluding diaryl/α,β-unsaturated/α-hetero) is 1. The Morgan fingerprint density at radius 3 is 2.70 bits per heavy atom. The van der Waals surface area contributed by atoms with Gasteiger partial charge < -0.3 is 4.57 Å². The predicted molar refractivity (Wildman–Crippen MR) is 81.0 cm³/mol. The maximum atomic E-state index is 12.0. The lowest BCUT2D eigenvalue weighted by Gasteiger charge is -2.07. The minimum atomic E-state index is 0.232. The van der Waals surface area contributed by atoms with Gasteiger partial charge in [0.25, 0.3) is 0 Å². The Morgan fingerprint density at radius 1 is 1.25 bits per heavy atom. The summed E-state index contributed by atoms with van der Waals surface area (Å²) in [5, 5.41) is 0.725. The maximum Gasteiger partial charge on any atom is 0.152 e. The number of imidazole rings is 1. The van der Waals surface area contributed by atoms with E-state index < -0.39 is 0 Å². The zero-order valence-corrected chi connectivity index (χ0v) is 12.4. The number of hydrogen-bond acceptors (Lipinski definition) is 2. The number of halogens is 1. The molecule has 0 unspecified atom stereocenters. The van der Waals surface area contributed by atoms with Crippen LogP contribution in [0.4, 0.5) is 0 Å². The van der Waals surface area contributed by atoms with Gasteiger partial charge in [0.15, 0.2) is 5.78 Å². The van der Waals surface area contributed by atoms with Crippen molar-refractivity contribution in [2.45, 2.75) is 39.2 Å². The molecule has 0 saturated carbocycles. The fourth-order valence-electron chi connectivity index (χ4n) is 2.16. The molecule has 0 atom stereocenters. The van der Waals surface area contributed by atoms with Gasteiger partial charge in [0.1, 0.15) is 0 Å². The smallest absolute Gasteiger partial charge is 0.152 e. The summed E-state index contributed by atoms with van der Waals surface area (Å²) in [5.41, 5.74) is 2.27. The van der Waals surface area contributed by atoms with Crippen LogP contribution in [0, 0.1) is 0 Å². The van der Waals surface area contributed by atoms with Crippen LogP contribution in [0.15, 0.2) is 36.8 Å². The molecule has 0 aliphatic rings. The second kappa shape index (κ2) is 7.25. The molecule has 4 heteroatoms. The molecular weight excluding hydrogens is 272 g/mol. The highest BCUT2D eigenvalue weighted by Gasteiger charge is 2.07. The van der Waals surface area contributed by atoms with Gasteiger partial charge in [-0.1, -0.05) is 37.1 Å². The van der Waals surface area contributed by atoms with Crippen LogP contribution in [-0.4, -0.2) is 15.3 Å². The summed E-state index contributed by atoms with van der Waals surface area (Å²) < 4.78 is 1.95. The van der Waals surface area contributed by atoms with E-state index in [-0.39, 0.29) is 5.78 Å². The van der Waals surface area contributed by atoms with Gasteiger partial charge >= 0.3 is 0 Å². The Morgan fingerprint density at radius 2 is 2.00 bits per heavy atom. The summed E-state index contributed by atoms with van der Waals surface area (Å²) in [6.45, 7) is 2.54. The third kappa shape index (κ3) is 4.20. The molecular formula is C16H19ClN2O. The molecule has 0 amide bonds. The van der Waals surface area contributed by atoms with Crippen molar-refractivity contribution in [1.82, 2.24) is 9.55 Å². The number of aryl methyl sites for hydroxylation is 2. The topological polar surface area (TPSA) is 34.9 Å². The lowest BCUT2D eigenvalue weighted by Crippen LogP contribution is -2.12. The molecule has 1 aromatic carbocycles. The van der Waals surface area contributed by atoms with Crippen molar-refractivity contribution in [2.24, 2.45) is 0 Å². The van der Waals surface area contributed by atoms with Gasteiger partial charge in [-0.05, 0) is 30.5 Å². The highest BCUT2D eigenvalue weighted by Crippen LogP contribution is 2.11. The van der Waals surface area contributed by atoms with Crippen LogP contribution in [0.2, 0.25) is 5.02 Å². The third-order valence-corrected chi connectivity index (χ3v) is 3.51. The van der Waals surface area contributed by atoms with Crippen molar-refractivity contribution >= 4 is 17.4 Å². The first kappa shape index (κ1) is 14.8. The van der Waals surface area contributed by atoms with Crippen LogP contribution in [0.1, 0.15) is 31.0 Å². The zero-order chi connectivity index (χ0) is 14.4. The molecule has 0 bridgehead atoms. The van der Waals surface area contributed by atoms with E-state index in [1.54, 1.807) is 6.33 Å². The molecule has 0 radical (unpaired) electrons. The van der Waals surface area contributed by atoms with Crippen LogP contribution in [0.3, 0.4) is 0 Å². The number of carbonyl (C=O) groups is 1. The standard InChI is InChI=1S/C16H19ClN2O/c1-2-3-15-10-18-12-19(15)11-16(20)9-6-13-4-7-14(17)8-5-13/h4-5,7-8,10,12H,2-3,6,9,11H2,1H3. The average Bonchev–Trinajstić information content (AvgIpc) is 2.86. The number of benzene rings is 1. The molecule has 0 fully saturated rings. The number of rotatable bonds is 7. The molecule has 20 heavy (non-hydrogen) atoms. The minimum Gasteiger partial charge on any atom is -0.327 e. The van der Waals surface area contributed by atoms with Crippen molar-refractivity contribution in [1.29, 1.82) is 0 Å². The third-order valence-electron chi connectivity index (χ3n) is 3.26. The first-order valence-electron chi connectivity index (χ1n) is 6.94. The number of nitrogens with zero attached hydrogens (tertiary/aromatic N) is 2. The van der Waals surface area contributed by atoms with E-state index in [9.17, 15) is 4.79 Å². The van der Waals surface area contributed by atoms with Gasteiger partial charge in [0.05, 0.1) is 12.9 Å². The normalized spacial score (nSPS) is 10.7. The molecule has 3 nitrogen and oxygen atoms in total. The lowest BCUT2D eigenvalue weighted by molar-refractivity contribution is -0.119. The summed E-state index contributed by atoms with van der Waals surface area (Å²) >= 11 is 5.84. The van der Waals surface area contributed by atoms with Crippen LogP contribution >= 0.6 is 11.6 Å². The lowest BCUT2D eigenvalue weighted by atomic mass is 10.1. The van der Waals surface area contributed by atoms with Gasteiger partial charge in [-0.3, -0.25) is 4.79 Å². The van der Waals surface area contributed by atoms with Crippen molar-refractivity contribution in [3.63, 3.8) is 0 Å². The van der Waals surface area contributed by atoms with Crippen LogP contribution in [0.25, 0.3) is 0 Å². The first-order chi connectivity index (χ1) is 9.69. The summed E-state index contributed by atoms with van der Waals surface area (Å²) in [6, 6.07) is 7.65. The van der Waals surface area contributed by atoms with Crippen molar-refractivity contribution in [2.75, 3.05) is 0 Å². The van der Waals surface area contributed by atoms with E-state index in [1.165, 1.54) is 0 Å². The average molecular weight is 291 g/mol. The zero-order valence-electron chi connectivity index (χ0n) is 11.7. The van der Waals surface area contributed by atoms with E-state index in [2.05, 4.69) is 11.9 Å². The Labute approximate surface area is 124 Å². The number of hydrogen-bond donors (Lipinski definition) is 0. The molecule has 0 aliphatic carbocycles. The summed E-state index contributed by atoms with van der Waals surface area (Å²) in [6.07, 6.45) is 6.91. The molecule has 1 aromatic heterocycles. The molecule has 0 N–H and O–H groups in total. The highest BCUT2D eigenvalue weighted by atomic mass is 35.5. The van der Waals surface area contributed by atoms with Gasteiger partial charge in [0, 0.05) is 23.3 Å². The van der Waals surface area contributed by atoms with Crippen LogP contribution in [-0.2, 0) is 24.2 Å². The highest BCUT2D eigenvalue weighted by molar-refractivity contribution is 6.30. The fraction of sp³-hybridized carbons (Fsp3) is 0.375. The van der Waals surface area contributed by atoms with E-state index >= 15 is 0 Å². The molecule has 2 aromatic rings. The largest absolute Gasteiger partial charge is 0.327 e. The molecule has 106 valence electrons. The summed E-state index contributed by atoms with van der Waals surface area (Å²) in [4.78, 5) is 16.2. The second-order valence-electron chi connectivity index (χ2n) is 4.93. The first-order valence-corrected chi connectivity index (χ1v) is 7.32. The van der Waals surface area contributed by atoms with Gasteiger partial charge in [-0.25, -0.2) is 4.98 Å². The van der Waals surface area contributed by atoms with Crippen LogP contribution in [0.5, 0.6) is 0 Å². The van der Waals surface area contributed by atoms with Crippen LogP contribution < -0.4 is 0 Å². The van der Waals surface area contributed by atoms with Crippen molar-refractivity contribution in [3.8, 4) is 0 Å². The van der Waals surface area contributed by atoms with E-state index in [0.717, 1.165) is 35.5 Å².